The average molecular weight is 156 g/mol. The van der Waals surface area contributed by atoms with Crippen molar-refractivity contribution in [1.29, 1.82) is 0 Å². The van der Waals surface area contributed by atoms with Crippen LogP contribution in [0.5, 0.6) is 0 Å². The van der Waals surface area contributed by atoms with Crippen LogP contribution in [0.1, 0.15) is 29.2 Å². The second-order valence-corrected chi connectivity index (χ2v) is 3.39. The maximum Gasteiger partial charge on any atom is 1.00 e. The standard InChI is InChI=1S/C11H16.Li.H/c1-7-6-8(2)10(4)11(5)9(7)3;;/h6H,1-5H3;;/q;+1;-1. The van der Waals surface area contributed by atoms with E-state index in [1.54, 1.807) is 0 Å². The van der Waals surface area contributed by atoms with Gasteiger partial charge in [0, 0.05) is 0 Å². The van der Waals surface area contributed by atoms with Gasteiger partial charge in [-0.15, -0.1) is 0 Å². The first-order valence-electron chi connectivity index (χ1n) is 4.08. The van der Waals surface area contributed by atoms with E-state index in [2.05, 4.69) is 40.7 Å². The van der Waals surface area contributed by atoms with E-state index in [0.29, 0.717) is 0 Å². The van der Waals surface area contributed by atoms with Gasteiger partial charge in [-0.25, -0.2) is 0 Å². The molecule has 0 amide bonds. The Kier molecular flexibility index (Phi) is 4.10. The third kappa shape index (κ3) is 1.94. The molecule has 62 valence electrons. The fraction of sp³-hybridized carbons (Fsp3) is 0.455. The molecule has 1 aromatic rings. The van der Waals surface area contributed by atoms with Crippen molar-refractivity contribution < 1.29 is 20.3 Å². The van der Waals surface area contributed by atoms with Crippen molar-refractivity contribution in [3.8, 4) is 0 Å². The van der Waals surface area contributed by atoms with E-state index < -0.39 is 0 Å². The van der Waals surface area contributed by atoms with Crippen molar-refractivity contribution >= 4 is 0 Å². The number of aryl methyl sites for hydroxylation is 2. The molecule has 1 heteroatoms. The molecule has 1 aromatic carbocycles. The molecule has 0 spiro atoms. The minimum absolute atomic E-state index is 0. The van der Waals surface area contributed by atoms with E-state index >= 15 is 0 Å². The van der Waals surface area contributed by atoms with Crippen LogP contribution in [0.2, 0.25) is 0 Å². The Balaban J connectivity index is 0. The Bertz CT molecular complexity index is 266. The van der Waals surface area contributed by atoms with Crippen LogP contribution in [0, 0.1) is 34.6 Å². The molecule has 0 heterocycles. The maximum atomic E-state index is 2.26. The first kappa shape index (κ1) is 11.8. The van der Waals surface area contributed by atoms with Crippen molar-refractivity contribution in [2.75, 3.05) is 0 Å². The zero-order valence-corrected chi connectivity index (χ0v) is 9.08. The third-order valence-electron chi connectivity index (χ3n) is 2.74. The topological polar surface area (TPSA) is 0 Å². The molecule has 0 N–H and O–H groups in total. The molecule has 0 saturated carbocycles. The van der Waals surface area contributed by atoms with Crippen LogP contribution in [0.25, 0.3) is 0 Å². The van der Waals surface area contributed by atoms with Gasteiger partial charge in [-0.1, -0.05) is 6.07 Å². The third-order valence-corrected chi connectivity index (χ3v) is 2.74. The van der Waals surface area contributed by atoms with E-state index in [1.807, 2.05) is 0 Å². The van der Waals surface area contributed by atoms with Crippen LogP contribution < -0.4 is 18.9 Å². The van der Waals surface area contributed by atoms with Gasteiger partial charge in [-0.3, -0.25) is 0 Å². The molecule has 0 nitrogen and oxygen atoms in total. The molecule has 0 aliphatic heterocycles. The van der Waals surface area contributed by atoms with Crippen molar-refractivity contribution in [1.82, 2.24) is 0 Å². The van der Waals surface area contributed by atoms with Gasteiger partial charge in [0.1, 0.15) is 0 Å². The van der Waals surface area contributed by atoms with Gasteiger partial charge in [0.15, 0.2) is 0 Å². The van der Waals surface area contributed by atoms with Gasteiger partial charge >= 0.3 is 18.9 Å². The van der Waals surface area contributed by atoms with Gasteiger partial charge in [0.05, 0.1) is 0 Å². The Labute approximate surface area is 89.0 Å². The van der Waals surface area contributed by atoms with Gasteiger partial charge < -0.3 is 1.43 Å². The number of hydrogen-bond donors (Lipinski definition) is 0. The maximum absolute atomic E-state index is 2.26. The molecule has 0 bridgehead atoms. The molecule has 0 aliphatic rings. The minimum Gasteiger partial charge on any atom is -1.00 e. The summed E-state index contributed by atoms with van der Waals surface area (Å²) in [7, 11) is 0. The normalized spacial score (nSPS) is 9.42. The molecule has 1 rings (SSSR count). The van der Waals surface area contributed by atoms with E-state index in [4.69, 9.17) is 0 Å². The van der Waals surface area contributed by atoms with Gasteiger partial charge in [-0.2, -0.15) is 0 Å². The SMILES string of the molecule is Cc1cc(C)c(C)c(C)c1C.[H-].[Li+]. The molecular weight excluding hydrogens is 139 g/mol. The minimum atomic E-state index is 0. The molecule has 0 unspecified atom stereocenters. The molecule has 0 atom stereocenters. The summed E-state index contributed by atoms with van der Waals surface area (Å²) in [6.45, 7) is 10.9. The number of rotatable bonds is 0. The Morgan fingerprint density at radius 3 is 1.42 bits per heavy atom. The van der Waals surface area contributed by atoms with Crippen molar-refractivity contribution in [2.24, 2.45) is 0 Å². The summed E-state index contributed by atoms with van der Waals surface area (Å²) in [5.74, 6) is 0. The molecule has 0 radical (unpaired) electrons. The fourth-order valence-corrected chi connectivity index (χ4v) is 1.41. The van der Waals surface area contributed by atoms with Crippen molar-refractivity contribution in [3.05, 3.63) is 33.9 Å². The van der Waals surface area contributed by atoms with Crippen LogP contribution in [0.3, 0.4) is 0 Å². The first-order chi connectivity index (χ1) is 5.04. The predicted octanol–water partition coefficient (Wildman–Crippen LogP) is 0.345. The summed E-state index contributed by atoms with van der Waals surface area (Å²) in [6.07, 6.45) is 0. The average Bonchev–Trinajstić information content (AvgIpc) is 1.97. The summed E-state index contributed by atoms with van der Waals surface area (Å²) in [5.41, 5.74) is 7.14. The number of hydrogen-bond acceptors (Lipinski definition) is 0. The summed E-state index contributed by atoms with van der Waals surface area (Å²) >= 11 is 0. The Morgan fingerprint density at radius 1 is 0.750 bits per heavy atom. The van der Waals surface area contributed by atoms with E-state index in [9.17, 15) is 0 Å². The second-order valence-electron chi connectivity index (χ2n) is 3.39. The monoisotopic (exact) mass is 156 g/mol. The summed E-state index contributed by atoms with van der Waals surface area (Å²) < 4.78 is 0. The molecule has 0 aliphatic carbocycles. The van der Waals surface area contributed by atoms with Crippen LogP contribution in [-0.2, 0) is 0 Å². The van der Waals surface area contributed by atoms with Crippen molar-refractivity contribution in [2.45, 2.75) is 34.6 Å². The molecule has 0 saturated heterocycles. The van der Waals surface area contributed by atoms with Crippen LogP contribution in [0.15, 0.2) is 6.07 Å². The zero-order chi connectivity index (χ0) is 8.59. The molecule has 0 aromatic heterocycles. The number of benzene rings is 1. The second kappa shape index (κ2) is 4.17. The van der Waals surface area contributed by atoms with Gasteiger partial charge in [0.25, 0.3) is 0 Å². The van der Waals surface area contributed by atoms with E-state index in [0.717, 1.165) is 0 Å². The van der Waals surface area contributed by atoms with E-state index in [1.165, 1.54) is 27.8 Å². The summed E-state index contributed by atoms with van der Waals surface area (Å²) in [4.78, 5) is 0. The van der Waals surface area contributed by atoms with Crippen LogP contribution in [0.4, 0.5) is 0 Å². The Morgan fingerprint density at radius 2 is 1.08 bits per heavy atom. The van der Waals surface area contributed by atoms with Gasteiger partial charge in [-0.05, 0) is 62.4 Å². The molecule has 0 fully saturated rings. The summed E-state index contributed by atoms with van der Waals surface area (Å²) in [6, 6.07) is 2.26. The largest absolute Gasteiger partial charge is 1.00 e. The predicted molar refractivity (Wildman–Crippen MR) is 51.2 cm³/mol. The molecular formula is C11H17Li. The van der Waals surface area contributed by atoms with Crippen molar-refractivity contribution in [3.63, 3.8) is 0 Å². The quantitative estimate of drug-likeness (QED) is 0.475. The Hall–Kier alpha value is -0.183. The fourth-order valence-electron chi connectivity index (χ4n) is 1.41. The van der Waals surface area contributed by atoms with Crippen LogP contribution in [-0.4, -0.2) is 0 Å². The van der Waals surface area contributed by atoms with Crippen LogP contribution >= 0.6 is 0 Å². The summed E-state index contributed by atoms with van der Waals surface area (Å²) in [5, 5.41) is 0. The van der Waals surface area contributed by atoms with Gasteiger partial charge in [0.2, 0.25) is 0 Å². The molecule has 12 heavy (non-hydrogen) atoms. The zero-order valence-electron chi connectivity index (χ0n) is 10.1. The van der Waals surface area contributed by atoms with E-state index in [-0.39, 0.29) is 20.3 Å². The smallest absolute Gasteiger partial charge is 1.00 e. The first-order valence-corrected chi connectivity index (χ1v) is 4.08.